The summed E-state index contributed by atoms with van der Waals surface area (Å²) in [6.07, 6.45) is 8.52. The SMILES string of the molecule is C#CC(CCC)Nc1nc[nH]c(=O)c1Br. The van der Waals surface area contributed by atoms with E-state index >= 15 is 0 Å². The molecule has 4 nitrogen and oxygen atoms in total. The summed E-state index contributed by atoms with van der Waals surface area (Å²) >= 11 is 3.15. The molecule has 15 heavy (non-hydrogen) atoms. The minimum atomic E-state index is -0.222. The van der Waals surface area contributed by atoms with Crippen LogP contribution in [0.15, 0.2) is 15.6 Å². The average molecular weight is 270 g/mol. The number of hydrogen-bond acceptors (Lipinski definition) is 3. The molecular weight excluding hydrogens is 258 g/mol. The van der Waals surface area contributed by atoms with Crippen molar-refractivity contribution < 1.29 is 0 Å². The molecule has 1 aromatic heterocycles. The van der Waals surface area contributed by atoms with Gasteiger partial charge in [0.25, 0.3) is 5.56 Å². The van der Waals surface area contributed by atoms with Crippen molar-refractivity contribution in [1.29, 1.82) is 0 Å². The molecule has 2 N–H and O–H groups in total. The van der Waals surface area contributed by atoms with Gasteiger partial charge in [0.1, 0.15) is 10.3 Å². The normalized spacial score (nSPS) is 11.8. The standard InChI is InChI=1S/C10H12BrN3O/c1-3-5-7(4-2)14-9-8(11)10(15)13-6-12-9/h2,6-7H,3,5H2,1H3,(H2,12,13,14,15). The fraction of sp³-hybridized carbons (Fsp3) is 0.400. The molecular formula is C10H12BrN3O. The highest BCUT2D eigenvalue weighted by molar-refractivity contribution is 9.10. The second-order valence-corrected chi connectivity index (χ2v) is 3.84. The van der Waals surface area contributed by atoms with E-state index < -0.39 is 0 Å². The fourth-order valence-electron chi connectivity index (χ4n) is 1.13. The van der Waals surface area contributed by atoms with Gasteiger partial charge in [-0.3, -0.25) is 4.79 Å². The quantitative estimate of drug-likeness (QED) is 0.819. The van der Waals surface area contributed by atoms with E-state index in [-0.39, 0.29) is 11.6 Å². The van der Waals surface area contributed by atoms with Gasteiger partial charge in [0.2, 0.25) is 0 Å². The van der Waals surface area contributed by atoms with Crippen LogP contribution in [0.25, 0.3) is 0 Å². The Balaban J connectivity index is 2.85. The zero-order valence-electron chi connectivity index (χ0n) is 8.38. The van der Waals surface area contributed by atoms with Crippen molar-refractivity contribution in [3.05, 3.63) is 21.2 Å². The molecule has 0 fully saturated rings. The van der Waals surface area contributed by atoms with Crippen molar-refractivity contribution in [3.8, 4) is 12.3 Å². The molecule has 0 saturated heterocycles. The first-order valence-electron chi connectivity index (χ1n) is 4.64. The highest BCUT2D eigenvalue weighted by atomic mass is 79.9. The van der Waals surface area contributed by atoms with Gasteiger partial charge in [-0.05, 0) is 22.4 Å². The van der Waals surface area contributed by atoms with Gasteiger partial charge < -0.3 is 10.3 Å². The third kappa shape index (κ3) is 3.10. The summed E-state index contributed by atoms with van der Waals surface area (Å²) in [6.45, 7) is 2.05. The predicted octanol–water partition coefficient (Wildman–Crippen LogP) is 1.75. The van der Waals surface area contributed by atoms with Gasteiger partial charge in [0.15, 0.2) is 0 Å². The molecule has 1 unspecified atom stereocenters. The van der Waals surface area contributed by atoms with Gasteiger partial charge in [-0.25, -0.2) is 4.98 Å². The van der Waals surface area contributed by atoms with Crippen LogP contribution in [0.4, 0.5) is 5.82 Å². The summed E-state index contributed by atoms with van der Waals surface area (Å²) in [5, 5.41) is 3.02. The van der Waals surface area contributed by atoms with Crippen LogP contribution in [0.5, 0.6) is 0 Å². The van der Waals surface area contributed by atoms with Crippen molar-refractivity contribution in [3.63, 3.8) is 0 Å². The number of nitrogens with one attached hydrogen (secondary N) is 2. The first kappa shape index (κ1) is 11.8. The molecule has 0 spiro atoms. The molecule has 0 saturated carbocycles. The summed E-state index contributed by atoms with van der Waals surface area (Å²) in [7, 11) is 0. The van der Waals surface area contributed by atoms with Gasteiger partial charge in [-0.1, -0.05) is 19.3 Å². The van der Waals surface area contributed by atoms with E-state index in [1.165, 1.54) is 6.33 Å². The number of rotatable bonds is 4. The Morgan fingerprint density at radius 3 is 3.13 bits per heavy atom. The molecule has 1 heterocycles. The maximum Gasteiger partial charge on any atom is 0.267 e. The number of halogens is 1. The van der Waals surface area contributed by atoms with Crippen molar-refractivity contribution in [2.75, 3.05) is 5.32 Å². The van der Waals surface area contributed by atoms with Gasteiger partial charge in [-0.15, -0.1) is 6.42 Å². The minimum Gasteiger partial charge on any atom is -0.355 e. The van der Waals surface area contributed by atoms with Crippen LogP contribution in [0, 0.1) is 12.3 Å². The summed E-state index contributed by atoms with van der Waals surface area (Å²) in [6, 6.07) is -0.0967. The Bertz CT molecular complexity index is 421. The van der Waals surface area contributed by atoms with Crippen LogP contribution in [0.2, 0.25) is 0 Å². The Labute approximate surface area is 96.6 Å². The Morgan fingerprint density at radius 1 is 1.80 bits per heavy atom. The van der Waals surface area contributed by atoms with Crippen molar-refractivity contribution in [1.82, 2.24) is 9.97 Å². The average Bonchev–Trinajstić information content (AvgIpc) is 2.24. The lowest BCUT2D eigenvalue weighted by Crippen LogP contribution is -2.20. The van der Waals surface area contributed by atoms with E-state index in [1.54, 1.807) is 0 Å². The fourth-order valence-corrected chi connectivity index (χ4v) is 1.47. The zero-order valence-corrected chi connectivity index (χ0v) is 9.97. The first-order valence-corrected chi connectivity index (χ1v) is 5.44. The van der Waals surface area contributed by atoms with E-state index in [0.29, 0.717) is 10.3 Å². The molecule has 1 rings (SSSR count). The largest absolute Gasteiger partial charge is 0.355 e. The first-order chi connectivity index (χ1) is 7.19. The molecule has 80 valence electrons. The van der Waals surface area contributed by atoms with Crippen molar-refractivity contribution in [2.24, 2.45) is 0 Å². The number of terminal acetylenes is 1. The third-order valence-corrected chi connectivity index (χ3v) is 2.62. The van der Waals surface area contributed by atoms with Gasteiger partial charge in [-0.2, -0.15) is 0 Å². The molecule has 0 aromatic carbocycles. The van der Waals surface area contributed by atoms with Crippen LogP contribution in [-0.4, -0.2) is 16.0 Å². The number of aromatic nitrogens is 2. The highest BCUT2D eigenvalue weighted by Crippen LogP contribution is 2.15. The smallest absolute Gasteiger partial charge is 0.267 e. The second-order valence-electron chi connectivity index (χ2n) is 3.05. The Morgan fingerprint density at radius 2 is 2.53 bits per heavy atom. The Kier molecular flexibility index (Phi) is 4.37. The number of hydrogen-bond donors (Lipinski definition) is 2. The van der Waals surface area contributed by atoms with E-state index in [2.05, 4.69) is 37.1 Å². The van der Waals surface area contributed by atoms with Gasteiger partial charge in [0, 0.05) is 0 Å². The second kappa shape index (κ2) is 5.56. The molecule has 1 aromatic rings. The molecule has 1 atom stereocenters. The summed E-state index contributed by atoms with van der Waals surface area (Å²) in [4.78, 5) is 17.7. The van der Waals surface area contributed by atoms with Gasteiger partial charge >= 0.3 is 0 Å². The highest BCUT2D eigenvalue weighted by Gasteiger charge is 2.09. The van der Waals surface area contributed by atoms with Crippen LogP contribution < -0.4 is 10.9 Å². The molecule has 0 radical (unpaired) electrons. The monoisotopic (exact) mass is 269 g/mol. The van der Waals surface area contributed by atoms with Crippen LogP contribution >= 0.6 is 15.9 Å². The maximum atomic E-state index is 11.2. The van der Waals surface area contributed by atoms with Crippen molar-refractivity contribution in [2.45, 2.75) is 25.8 Å². The lowest BCUT2D eigenvalue weighted by atomic mass is 10.2. The molecule has 5 heteroatoms. The van der Waals surface area contributed by atoms with E-state index in [1.807, 2.05) is 6.92 Å². The van der Waals surface area contributed by atoms with E-state index in [0.717, 1.165) is 12.8 Å². The summed E-state index contributed by atoms with van der Waals surface area (Å²) in [5.41, 5.74) is -0.222. The number of H-pyrrole nitrogens is 1. The van der Waals surface area contributed by atoms with Gasteiger partial charge in [0.05, 0.1) is 12.4 Å². The topological polar surface area (TPSA) is 57.8 Å². The van der Waals surface area contributed by atoms with Crippen LogP contribution in [-0.2, 0) is 0 Å². The van der Waals surface area contributed by atoms with Crippen molar-refractivity contribution >= 4 is 21.7 Å². The Hall–Kier alpha value is -1.28. The molecule has 0 aliphatic carbocycles. The third-order valence-electron chi connectivity index (χ3n) is 1.89. The molecule has 0 aliphatic rings. The zero-order chi connectivity index (χ0) is 11.3. The number of nitrogens with zero attached hydrogens (tertiary/aromatic N) is 1. The summed E-state index contributed by atoms with van der Waals surface area (Å²) in [5.74, 6) is 3.10. The van der Waals surface area contributed by atoms with Crippen LogP contribution in [0.1, 0.15) is 19.8 Å². The minimum absolute atomic E-state index is 0.0967. The molecule has 0 aliphatic heterocycles. The lowest BCUT2D eigenvalue weighted by molar-refractivity contribution is 0.751. The van der Waals surface area contributed by atoms with Crippen LogP contribution in [0.3, 0.4) is 0 Å². The summed E-state index contributed by atoms with van der Waals surface area (Å²) < 4.78 is 0.376. The lowest BCUT2D eigenvalue weighted by Gasteiger charge is -2.12. The molecule has 0 bridgehead atoms. The predicted molar refractivity (Wildman–Crippen MR) is 63.7 cm³/mol. The maximum absolute atomic E-state index is 11.2. The number of aromatic amines is 1. The molecule has 0 amide bonds. The van der Waals surface area contributed by atoms with E-state index in [4.69, 9.17) is 6.42 Å². The number of anilines is 1. The van der Waals surface area contributed by atoms with E-state index in [9.17, 15) is 4.79 Å².